The number of esters is 1. The Kier molecular flexibility index (Phi) is 5.47. The fourth-order valence-electron chi connectivity index (χ4n) is 2.10. The fraction of sp³-hybridized carbons (Fsp3) is 0.467. The summed E-state index contributed by atoms with van der Waals surface area (Å²) in [7, 11) is 1.60. The van der Waals surface area contributed by atoms with Gasteiger partial charge in [0.1, 0.15) is 5.75 Å². The second kappa shape index (κ2) is 7.33. The molecule has 0 bridgehead atoms. The van der Waals surface area contributed by atoms with Crippen molar-refractivity contribution in [3.05, 3.63) is 24.3 Å². The quantitative estimate of drug-likeness (QED) is 0.617. The van der Waals surface area contributed by atoms with Gasteiger partial charge in [0.25, 0.3) is 0 Å². The lowest BCUT2D eigenvalue weighted by Gasteiger charge is -2.20. The summed E-state index contributed by atoms with van der Waals surface area (Å²) in [6.45, 7) is 0. The molecule has 1 aliphatic rings. The van der Waals surface area contributed by atoms with Gasteiger partial charge in [-0.1, -0.05) is 6.07 Å². The SMILES string of the molecule is COc1cccc(SCC(=O)OC2CCCCC2=O)c1. The third-order valence-electron chi connectivity index (χ3n) is 3.17. The van der Waals surface area contributed by atoms with E-state index < -0.39 is 6.10 Å². The van der Waals surface area contributed by atoms with Crippen LogP contribution in [0, 0.1) is 0 Å². The van der Waals surface area contributed by atoms with E-state index >= 15 is 0 Å². The molecule has 0 radical (unpaired) electrons. The van der Waals surface area contributed by atoms with Gasteiger partial charge in [0.05, 0.1) is 12.9 Å². The number of carbonyl (C=O) groups is 2. The molecule has 1 unspecified atom stereocenters. The molecule has 1 aliphatic carbocycles. The van der Waals surface area contributed by atoms with E-state index in [1.54, 1.807) is 7.11 Å². The molecule has 0 amide bonds. The Labute approximate surface area is 122 Å². The maximum absolute atomic E-state index is 11.8. The topological polar surface area (TPSA) is 52.6 Å². The lowest BCUT2D eigenvalue weighted by atomic mass is 9.96. The van der Waals surface area contributed by atoms with Gasteiger partial charge in [0, 0.05) is 11.3 Å². The van der Waals surface area contributed by atoms with Crippen LogP contribution in [0.2, 0.25) is 0 Å². The highest BCUT2D eigenvalue weighted by atomic mass is 32.2. The van der Waals surface area contributed by atoms with Crippen LogP contribution < -0.4 is 4.74 Å². The van der Waals surface area contributed by atoms with Crippen LogP contribution >= 0.6 is 11.8 Å². The van der Waals surface area contributed by atoms with Gasteiger partial charge in [0.2, 0.25) is 0 Å². The van der Waals surface area contributed by atoms with Crippen molar-refractivity contribution in [2.24, 2.45) is 0 Å². The molecule has 1 aromatic carbocycles. The fourth-order valence-corrected chi connectivity index (χ4v) is 2.83. The second-order valence-corrected chi connectivity index (χ2v) is 5.71. The number of ether oxygens (including phenoxy) is 2. The van der Waals surface area contributed by atoms with E-state index in [9.17, 15) is 9.59 Å². The highest BCUT2D eigenvalue weighted by Crippen LogP contribution is 2.24. The molecule has 1 aromatic rings. The third-order valence-corrected chi connectivity index (χ3v) is 4.14. The molecular formula is C15H18O4S. The number of ketones is 1. The number of Topliss-reactive ketones (excluding diaryl/α,β-unsaturated/α-hetero) is 1. The molecule has 20 heavy (non-hydrogen) atoms. The average molecular weight is 294 g/mol. The van der Waals surface area contributed by atoms with Gasteiger partial charge in [-0.3, -0.25) is 9.59 Å². The number of hydrogen-bond donors (Lipinski definition) is 0. The second-order valence-electron chi connectivity index (χ2n) is 4.66. The summed E-state index contributed by atoms with van der Waals surface area (Å²) in [5, 5.41) is 0. The van der Waals surface area contributed by atoms with E-state index in [1.807, 2.05) is 24.3 Å². The number of hydrogen-bond acceptors (Lipinski definition) is 5. The molecule has 4 nitrogen and oxygen atoms in total. The number of rotatable bonds is 5. The molecule has 5 heteroatoms. The van der Waals surface area contributed by atoms with Crippen molar-refractivity contribution in [3.63, 3.8) is 0 Å². The minimum absolute atomic E-state index is 0.0518. The van der Waals surface area contributed by atoms with Gasteiger partial charge in [-0.15, -0.1) is 11.8 Å². The Morgan fingerprint density at radius 1 is 1.40 bits per heavy atom. The Bertz CT molecular complexity index is 487. The Balaban J connectivity index is 1.81. The molecule has 0 spiro atoms. The maximum atomic E-state index is 11.8. The largest absolute Gasteiger partial charge is 0.497 e. The van der Waals surface area contributed by atoms with E-state index in [0.717, 1.165) is 23.5 Å². The van der Waals surface area contributed by atoms with Crippen molar-refractivity contribution in [2.45, 2.75) is 36.7 Å². The molecule has 0 N–H and O–H groups in total. The maximum Gasteiger partial charge on any atom is 0.316 e. The van der Waals surface area contributed by atoms with Gasteiger partial charge >= 0.3 is 5.97 Å². The first-order chi connectivity index (χ1) is 9.69. The summed E-state index contributed by atoms with van der Waals surface area (Å²) in [5.74, 6) is 0.677. The molecule has 108 valence electrons. The first-order valence-electron chi connectivity index (χ1n) is 6.68. The van der Waals surface area contributed by atoms with E-state index in [1.165, 1.54) is 11.8 Å². The molecule has 2 rings (SSSR count). The van der Waals surface area contributed by atoms with E-state index in [0.29, 0.717) is 12.8 Å². The average Bonchev–Trinajstić information content (AvgIpc) is 2.48. The number of methoxy groups -OCH3 is 1. The molecule has 1 saturated carbocycles. The minimum atomic E-state index is -0.526. The standard InChI is InChI=1S/C15H18O4S/c1-18-11-5-4-6-12(9-11)20-10-15(17)19-14-8-3-2-7-13(14)16/h4-6,9,14H,2-3,7-8,10H2,1H3. The van der Waals surface area contributed by atoms with Crippen molar-refractivity contribution in [1.29, 1.82) is 0 Å². The highest BCUT2D eigenvalue weighted by molar-refractivity contribution is 8.00. The number of carbonyl (C=O) groups excluding carboxylic acids is 2. The molecule has 0 heterocycles. The Morgan fingerprint density at radius 3 is 3.00 bits per heavy atom. The zero-order valence-electron chi connectivity index (χ0n) is 11.5. The van der Waals surface area contributed by atoms with Crippen molar-refractivity contribution >= 4 is 23.5 Å². The van der Waals surface area contributed by atoms with E-state index in [-0.39, 0.29) is 17.5 Å². The smallest absolute Gasteiger partial charge is 0.316 e. The van der Waals surface area contributed by atoms with Gasteiger partial charge in [0.15, 0.2) is 11.9 Å². The van der Waals surface area contributed by atoms with Crippen molar-refractivity contribution in [2.75, 3.05) is 12.9 Å². The summed E-state index contributed by atoms with van der Waals surface area (Å²) >= 11 is 1.38. The zero-order chi connectivity index (χ0) is 14.4. The van der Waals surface area contributed by atoms with Crippen LogP contribution in [0.25, 0.3) is 0 Å². The first-order valence-corrected chi connectivity index (χ1v) is 7.66. The van der Waals surface area contributed by atoms with Crippen LogP contribution in [0.1, 0.15) is 25.7 Å². The summed E-state index contributed by atoms with van der Waals surface area (Å²) < 4.78 is 10.4. The van der Waals surface area contributed by atoms with Crippen LogP contribution in [-0.2, 0) is 14.3 Å². The first kappa shape index (κ1) is 14.9. The lowest BCUT2D eigenvalue weighted by molar-refractivity contribution is -0.154. The van der Waals surface area contributed by atoms with Gasteiger partial charge < -0.3 is 9.47 Å². The van der Waals surface area contributed by atoms with Crippen LogP contribution in [-0.4, -0.2) is 30.7 Å². The zero-order valence-corrected chi connectivity index (χ0v) is 12.3. The Morgan fingerprint density at radius 2 is 2.25 bits per heavy atom. The number of thioether (sulfide) groups is 1. The molecule has 1 atom stereocenters. The molecule has 1 fully saturated rings. The predicted molar refractivity (Wildman–Crippen MR) is 77.1 cm³/mol. The highest BCUT2D eigenvalue weighted by Gasteiger charge is 2.25. The molecule has 0 aliphatic heterocycles. The van der Waals surface area contributed by atoms with Gasteiger partial charge in [-0.25, -0.2) is 0 Å². The summed E-state index contributed by atoms with van der Waals surface area (Å²) in [4.78, 5) is 24.3. The van der Waals surface area contributed by atoms with Crippen LogP contribution in [0.4, 0.5) is 0 Å². The van der Waals surface area contributed by atoms with Gasteiger partial charge in [-0.2, -0.15) is 0 Å². The van der Waals surface area contributed by atoms with Crippen molar-refractivity contribution in [3.8, 4) is 5.75 Å². The summed E-state index contributed by atoms with van der Waals surface area (Å²) in [6.07, 6.45) is 2.52. The monoisotopic (exact) mass is 294 g/mol. The lowest BCUT2D eigenvalue weighted by Crippen LogP contribution is -2.30. The molecular weight excluding hydrogens is 276 g/mol. The normalized spacial score (nSPS) is 18.6. The van der Waals surface area contributed by atoms with Crippen LogP contribution in [0.5, 0.6) is 5.75 Å². The van der Waals surface area contributed by atoms with Crippen molar-refractivity contribution < 1.29 is 19.1 Å². The van der Waals surface area contributed by atoms with Crippen LogP contribution in [0.3, 0.4) is 0 Å². The number of benzene rings is 1. The summed E-state index contributed by atoms with van der Waals surface area (Å²) in [6, 6.07) is 7.50. The van der Waals surface area contributed by atoms with Gasteiger partial charge in [-0.05, 0) is 37.5 Å². The predicted octanol–water partition coefficient (Wildman–Crippen LogP) is 2.84. The Hall–Kier alpha value is -1.49. The molecule has 0 aromatic heterocycles. The summed E-state index contributed by atoms with van der Waals surface area (Å²) in [5.41, 5.74) is 0. The van der Waals surface area contributed by atoms with E-state index in [4.69, 9.17) is 9.47 Å². The third kappa shape index (κ3) is 4.27. The molecule has 0 saturated heterocycles. The van der Waals surface area contributed by atoms with Crippen molar-refractivity contribution in [1.82, 2.24) is 0 Å². The minimum Gasteiger partial charge on any atom is -0.497 e. The van der Waals surface area contributed by atoms with E-state index in [2.05, 4.69) is 0 Å². The van der Waals surface area contributed by atoms with Crippen LogP contribution in [0.15, 0.2) is 29.2 Å².